The van der Waals surface area contributed by atoms with Gasteiger partial charge in [0.2, 0.25) is 0 Å². The molecule has 0 aliphatic rings. The number of carbonyl (C=O) groups is 1. The van der Waals surface area contributed by atoms with Gasteiger partial charge in [0, 0.05) is 14.1 Å². The van der Waals surface area contributed by atoms with Crippen LogP contribution >= 0.6 is 0 Å². The molecule has 0 bridgehead atoms. The lowest BCUT2D eigenvalue weighted by Gasteiger charge is -2.20. The van der Waals surface area contributed by atoms with Crippen LogP contribution in [0.4, 0.5) is 5.69 Å². The van der Waals surface area contributed by atoms with Gasteiger partial charge in [-0.05, 0) is 30.3 Å². The van der Waals surface area contributed by atoms with E-state index in [1.165, 1.54) is 43.7 Å². The molecule has 2 rings (SSSR count). The van der Waals surface area contributed by atoms with Crippen molar-refractivity contribution in [3.63, 3.8) is 0 Å². The number of amides is 1. The molecule has 0 saturated heterocycles. The standard InChI is InChI=1S/C16H18N2O4S/c1-17-16(19)14-11-13(9-10-15(14)22-3)23(20,21)18(2)12-7-5-4-6-8-12/h4-11H,1-3H3,(H,17,19). The molecule has 0 saturated carbocycles. The van der Waals surface area contributed by atoms with Crippen molar-refractivity contribution in [2.24, 2.45) is 0 Å². The van der Waals surface area contributed by atoms with Crippen LogP contribution in [0.1, 0.15) is 10.4 Å². The van der Waals surface area contributed by atoms with Gasteiger partial charge in [0.25, 0.3) is 15.9 Å². The maximum absolute atomic E-state index is 12.7. The third-order valence-electron chi connectivity index (χ3n) is 3.42. The van der Waals surface area contributed by atoms with E-state index < -0.39 is 15.9 Å². The van der Waals surface area contributed by atoms with Gasteiger partial charge in [-0.15, -0.1) is 0 Å². The average Bonchev–Trinajstić information content (AvgIpc) is 2.60. The van der Waals surface area contributed by atoms with Crippen molar-refractivity contribution in [3.8, 4) is 5.75 Å². The molecule has 1 amide bonds. The fourth-order valence-electron chi connectivity index (χ4n) is 2.09. The number of hydrogen-bond donors (Lipinski definition) is 1. The number of hydrogen-bond acceptors (Lipinski definition) is 4. The predicted molar refractivity (Wildman–Crippen MR) is 88.4 cm³/mol. The molecule has 0 fully saturated rings. The van der Waals surface area contributed by atoms with E-state index in [2.05, 4.69) is 5.32 Å². The van der Waals surface area contributed by atoms with Crippen LogP contribution in [0.3, 0.4) is 0 Å². The minimum absolute atomic E-state index is 0.0169. The van der Waals surface area contributed by atoms with Crippen molar-refractivity contribution in [1.82, 2.24) is 5.32 Å². The largest absolute Gasteiger partial charge is 0.496 e. The van der Waals surface area contributed by atoms with Crippen LogP contribution in [-0.2, 0) is 10.0 Å². The molecule has 0 aliphatic carbocycles. The smallest absolute Gasteiger partial charge is 0.264 e. The normalized spacial score (nSPS) is 10.9. The minimum Gasteiger partial charge on any atom is -0.496 e. The number of nitrogens with zero attached hydrogens (tertiary/aromatic N) is 1. The van der Waals surface area contributed by atoms with Gasteiger partial charge in [0.05, 0.1) is 23.3 Å². The highest BCUT2D eigenvalue weighted by atomic mass is 32.2. The van der Waals surface area contributed by atoms with E-state index in [-0.39, 0.29) is 10.5 Å². The Morgan fingerprint density at radius 3 is 2.35 bits per heavy atom. The van der Waals surface area contributed by atoms with Crippen molar-refractivity contribution in [1.29, 1.82) is 0 Å². The number of nitrogens with one attached hydrogen (secondary N) is 1. The topological polar surface area (TPSA) is 75.7 Å². The summed E-state index contributed by atoms with van der Waals surface area (Å²) in [6.45, 7) is 0. The maximum Gasteiger partial charge on any atom is 0.264 e. The molecule has 0 aliphatic heterocycles. The summed E-state index contributed by atoms with van der Waals surface area (Å²) in [5.41, 5.74) is 0.697. The Balaban J connectivity index is 2.50. The van der Waals surface area contributed by atoms with Crippen LogP contribution in [0, 0.1) is 0 Å². The fraction of sp³-hybridized carbons (Fsp3) is 0.188. The van der Waals surface area contributed by atoms with Gasteiger partial charge in [0.1, 0.15) is 5.75 Å². The number of rotatable bonds is 5. The molecule has 2 aromatic carbocycles. The Hall–Kier alpha value is -2.54. The summed E-state index contributed by atoms with van der Waals surface area (Å²) in [6, 6.07) is 12.9. The second kappa shape index (κ2) is 6.70. The average molecular weight is 334 g/mol. The first-order chi connectivity index (χ1) is 10.9. The predicted octanol–water partition coefficient (Wildman–Crippen LogP) is 1.88. The summed E-state index contributed by atoms with van der Waals surface area (Å²) >= 11 is 0. The van der Waals surface area contributed by atoms with Crippen molar-refractivity contribution < 1.29 is 17.9 Å². The SMILES string of the molecule is CNC(=O)c1cc(S(=O)(=O)N(C)c2ccccc2)ccc1OC. The quantitative estimate of drug-likeness (QED) is 0.906. The zero-order valence-corrected chi connectivity index (χ0v) is 13.9. The molecule has 122 valence electrons. The zero-order chi connectivity index (χ0) is 17.0. The Kier molecular flexibility index (Phi) is 4.90. The molecule has 1 N–H and O–H groups in total. The molecule has 0 aromatic heterocycles. The number of para-hydroxylation sites is 1. The van der Waals surface area contributed by atoms with Crippen LogP contribution in [-0.4, -0.2) is 35.5 Å². The van der Waals surface area contributed by atoms with Gasteiger partial charge in [-0.3, -0.25) is 9.10 Å². The van der Waals surface area contributed by atoms with Gasteiger partial charge in [-0.1, -0.05) is 18.2 Å². The van der Waals surface area contributed by atoms with Crippen LogP contribution in [0.15, 0.2) is 53.4 Å². The Morgan fingerprint density at radius 2 is 1.78 bits per heavy atom. The van der Waals surface area contributed by atoms with E-state index in [1.54, 1.807) is 30.3 Å². The second-order valence-electron chi connectivity index (χ2n) is 4.75. The van der Waals surface area contributed by atoms with Crippen molar-refractivity contribution in [3.05, 3.63) is 54.1 Å². The fourth-order valence-corrected chi connectivity index (χ4v) is 3.32. The molecule has 7 heteroatoms. The van der Waals surface area contributed by atoms with Gasteiger partial charge < -0.3 is 10.1 Å². The van der Waals surface area contributed by atoms with E-state index in [1.807, 2.05) is 0 Å². The van der Waals surface area contributed by atoms with Crippen LogP contribution < -0.4 is 14.4 Å². The van der Waals surface area contributed by atoms with Crippen LogP contribution in [0.25, 0.3) is 0 Å². The summed E-state index contributed by atoms with van der Waals surface area (Å²) in [4.78, 5) is 11.9. The molecule has 0 heterocycles. The van der Waals surface area contributed by atoms with Gasteiger partial charge in [-0.2, -0.15) is 0 Å². The third-order valence-corrected chi connectivity index (χ3v) is 5.20. The van der Waals surface area contributed by atoms with Gasteiger partial charge in [0.15, 0.2) is 0 Å². The number of ether oxygens (including phenoxy) is 1. The van der Waals surface area contributed by atoms with E-state index in [4.69, 9.17) is 4.74 Å². The molecule has 0 unspecified atom stereocenters. The minimum atomic E-state index is -3.78. The van der Waals surface area contributed by atoms with Crippen LogP contribution in [0.5, 0.6) is 5.75 Å². The molecular formula is C16H18N2O4S. The molecule has 2 aromatic rings. The highest BCUT2D eigenvalue weighted by molar-refractivity contribution is 7.92. The van der Waals surface area contributed by atoms with Gasteiger partial charge in [-0.25, -0.2) is 8.42 Å². The van der Waals surface area contributed by atoms with Crippen LogP contribution in [0.2, 0.25) is 0 Å². The van der Waals surface area contributed by atoms with E-state index in [0.29, 0.717) is 11.4 Å². The van der Waals surface area contributed by atoms with E-state index >= 15 is 0 Å². The summed E-state index contributed by atoms with van der Waals surface area (Å²) in [7, 11) is 0.577. The maximum atomic E-state index is 12.7. The number of sulfonamides is 1. The zero-order valence-electron chi connectivity index (χ0n) is 13.1. The first-order valence-electron chi connectivity index (χ1n) is 6.86. The van der Waals surface area contributed by atoms with Crippen molar-refractivity contribution in [2.45, 2.75) is 4.90 Å². The summed E-state index contributed by atoms with van der Waals surface area (Å²) in [5.74, 6) is -0.105. The highest BCUT2D eigenvalue weighted by Gasteiger charge is 2.24. The lowest BCUT2D eigenvalue weighted by Crippen LogP contribution is -2.27. The Labute approximate surface area is 135 Å². The monoisotopic (exact) mass is 334 g/mol. The first-order valence-corrected chi connectivity index (χ1v) is 8.30. The number of anilines is 1. The van der Waals surface area contributed by atoms with E-state index in [9.17, 15) is 13.2 Å². The molecule has 0 atom stereocenters. The molecule has 0 radical (unpaired) electrons. The van der Waals surface area contributed by atoms with Gasteiger partial charge >= 0.3 is 0 Å². The molecular weight excluding hydrogens is 316 g/mol. The molecule has 6 nitrogen and oxygen atoms in total. The highest BCUT2D eigenvalue weighted by Crippen LogP contribution is 2.26. The number of methoxy groups -OCH3 is 1. The molecule has 0 spiro atoms. The summed E-state index contributed by atoms with van der Waals surface area (Å²) in [6.07, 6.45) is 0. The molecule has 23 heavy (non-hydrogen) atoms. The Morgan fingerprint density at radius 1 is 1.13 bits per heavy atom. The lowest BCUT2D eigenvalue weighted by molar-refractivity contribution is 0.0960. The number of benzene rings is 2. The second-order valence-corrected chi connectivity index (χ2v) is 6.72. The Bertz CT molecular complexity index is 804. The third kappa shape index (κ3) is 3.29. The van der Waals surface area contributed by atoms with Crippen molar-refractivity contribution in [2.75, 3.05) is 25.5 Å². The first kappa shape index (κ1) is 16.8. The van der Waals surface area contributed by atoms with E-state index in [0.717, 1.165) is 0 Å². The summed E-state index contributed by atoms with van der Waals surface area (Å²) < 4.78 is 31.8. The van der Waals surface area contributed by atoms with Crippen molar-refractivity contribution >= 4 is 21.6 Å². The summed E-state index contributed by atoms with van der Waals surface area (Å²) in [5, 5.41) is 2.47. The lowest BCUT2D eigenvalue weighted by atomic mass is 10.2. The number of carbonyl (C=O) groups excluding carboxylic acids is 1.